The third kappa shape index (κ3) is 6.90. The van der Waals surface area contributed by atoms with Crippen LogP contribution in [0.3, 0.4) is 0 Å². The van der Waals surface area contributed by atoms with Gasteiger partial charge in [-0.1, -0.05) is 6.92 Å². The Hall–Kier alpha value is -1.15. The van der Waals surface area contributed by atoms with Crippen molar-refractivity contribution in [3.63, 3.8) is 0 Å². The van der Waals surface area contributed by atoms with E-state index in [1.807, 2.05) is 6.92 Å². The Morgan fingerprint density at radius 2 is 1.94 bits per heavy atom. The van der Waals surface area contributed by atoms with Gasteiger partial charge < -0.3 is 10.4 Å². The Morgan fingerprint density at radius 1 is 1.35 bits per heavy atom. The van der Waals surface area contributed by atoms with Crippen molar-refractivity contribution in [3.05, 3.63) is 0 Å². The highest BCUT2D eigenvalue weighted by atomic mass is 32.2. The molecule has 100 valence electrons. The third-order valence-electron chi connectivity index (χ3n) is 1.99. The number of carboxylic acids is 1. The number of hydrogen-bond acceptors (Lipinski definition) is 4. The smallest absolute Gasteiger partial charge is 0.304 e. The van der Waals surface area contributed by atoms with Gasteiger partial charge in [-0.25, -0.2) is 8.42 Å². The maximum absolute atomic E-state index is 11.5. The van der Waals surface area contributed by atoms with Gasteiger partial charge in [0.2, 0.25) is 15.9 Å². The zero-order valence-electron chi connectivity index (χ0n) is 9.97. The van der Waals surface area contributed by atoms with Gasteiger partial charge in [-0.15, -0.1) is 0 Å². The van der Waals surface area contributed by atoms with Crippen LogP contribution in [0.2, 0.25) is 0 Å². The molecule has 0 aromatic carbocycles. The first-order chi connectivity index (χ1) is 7.79. The van der Waals surface area contributed by atoms with E-state index in [4.69, 9.17) is 5.11 Å². The predicted octanol–water partition coefficient (Wildman–Crippen LogP) is -0.751. The fourth-order valence-electron chi connectivity index (χ4n) is 0.993. The molecule has 0 fully saturated rings. The Bertz CT molecular complexity index is 366. The highest BCUT2D eigenvalue weighted by Gasteiger charge is 2.21. The summed E-state index contributed by atoms with van der Waals surface area (Å²) in [6.07, 6.45) is 0.296. The van der Waals surface area contributed by atoms with Crippen LogP contribution in [0.1, 0.15) is 19.8 Å². The van der Waals surface area contributed by atoms with E-state index in [0.717, 1.165) is 10.7 Å². The van der Waals surface area contributed by atoms with Crippen molar-refractivity contribution in [1.29, 1.82) is 0 Å². The maximum atomic E-state index is 11.5. The Labute approximate surface area is 101 Å². The van der Waals surface area contributed by atoms with Gasteiger partial charge in [0.15, 0.2) is 0 Å². The average Bonchev–Trinajstić information content (AvgIpc) is 2.23. The Morgan fingerprint density at radius 3 is 2.41 bits per heavy atom. The molecule has 8 heteroatoms. The van der Waals surface area contributed by atoms with Crippen LogP contribution in [0.25, 0.3) is 0 Å². The van der Waals surface area contributed by atoms with Crippen LogP contribution in [0.15, 0.2) is 0 Å². The number of nitrogens with one attached hydrogen (secondary N) is 1. The van der Waals surface area contributed by atoms with Gasteiger partial charge in [0.05, 0.1) is 18.7 Å². The number of rotatable bonds is 8. The lowest BCUT2D eigenvalue weighted by molar-refractivity contribution is -0.136. The normalized spacial score (nSPS) is 11.5. The van der Waals surface area contributed by atoms with E-state index < -0.39 is 34.1 Å². The summed E-state index contributed by atoms with van der Waals surface area (Å²) >= 11 is 0. The van der Waals surface area contributed by atoms with Crippen molar-refractivity contribution in [2.75, 3.05) is 25.9 Å². The van der Waals surface area contributed by atoms with Crippen LogP contribution in [0.4, 0.5) is 0 Å². The molecule has 0 saturated heterocycles. The van der Waals surface area contributed by atoms with E-state index in [2.05, 4.69) is 5.32 Å². The van der Waals surface area contributed by atoms with Gasteiger partial charge in [-0.05, 0) is 6.42 Å². The molecule has 0 heterocycles. The first-order valence-electron chi connectivity index (χ1n) is 5.22. The van der Waals surface area contributed by atoms with Crippen molar-refractivity contribution < 1.29 is 23.1 Å². The number of likely N-dealkylation sites (N-methyl/N-ethyl adjacent to an activating group) is 1. The Balaban J connectivity index is 4.24. The fourth-order valence-corrected chi connectivity index (χ4v) is 2.05. The number of nitrogens with zero attached hydrogens (tertiary/aromatic N) is 1. The second kappa shape index (κ2) is 7.23. The monoisotopic (exact) mass is 266 g/mol. The quantitative estimate of drug-likeness (QED) is 0.601. The molecule has 0 aromatic rings. The van der Waals surface area contributed by atoms with Gasteiger partial charge in [-0.3, -0.25) is 9.59 Å². The molecular weight excluding hydrogens is 248 g/mol. The molecule has 0 atom stereocenters. The lowest BCUT2D eigenvalue weighted by atomic mass is 10.4. The molecule has 17 heavy (non-hydrogen) atoms. The van der Waals surface area contributed by atoms with Gasteiger partial charge >= 0.3 is 5.97 Å². The second-order valence-corrected chi connectivity index (χ2v) is 5.76. The number of carboxylic acid groups (broad SMARTS) is 1. The molecule has 0 unspecified atom stereocenters. The highest BCUT2D eigenvalue weighted by Crippen LogP contribution is 2.00. The van der Waals surface area contributed by atoms with E-state index in [0.29, 0.717) is 6.54 Å². The van der Waals surface area contributed by atoms with Crippen molar-refractivity contribution >= 4 is 21.9 Å². The summed E-state index contributed by atoms with van der Waals surface area (Å²) in [5.41, 5.74) is 0. The molecule has 2 N–H and O–H groups in total. The topological polar surface area (TPSA) is 104 Å². The maximum Gasteiger partial charge on any atom is 0.304 e. The molecule has 0 spiro atoms. The summed E-state index contributed by atoms with van der Waals surface area (Å²) in [6.45, 7) is 2.08. The summed E-state index contributed by atoms with van der Waals surface area (Å²) in [6, 6.07) is 0. The van der Waals surface area contributed by atoms with Crippen molar-refractivity contribution in [2.45, 2.75) is 19.8 Å². The first-order valence-corrected chi connectivity index (χ1v) is 6.83. The van der Waals surface area contributed by atoms with E-state index >= 15 is 0 Å². The lowest BCUT2D eigenvalue weighted by Gasteiger charge is -2.15. The van der Waals surface area contributed by atoms with Gasteiger partial charge in [0.1, 0.15) is 0 Å². The van der Waals surface area contributed by atoms with E-state index in [-0.39, 0.29) is 6.54 Å². The minimum atomic E-state index is -3.68. The number of sulfonamides is 1. The standard InChI is InChI=1S/C9H18N2O5S/c1-3-5-10-8(12)7-11(2)17(15,16)6-4-9(13)14/h3-7H2,1-2H3,(H,10,12)(H,13,14). The molecule has 1 amide bonds. The molecule has 0 saturated carbocycles. The second-order valence-electron chi connectivity index (χ2n) is 3.57. The minimum absolute atomic E-state index is 0.290. The zero-order valence-corrected chi connectivity index (χ0v) is 10.8. The van der Waals surface area contributed by atoms with Gasteiger partial charge in [-0.2, -0.15) is 4.31 Å². The predicted molar refractivity (Wildman–Crippen MR) is 62.0 cm³/mol. The zero-order chi connectivity index (χ0) is 13.5. The van der Waals surface area contributed by atoms with E-state index in [1.54, 1.807) is 0 Å². The van der Waals surface area contributed by atoms with Crippen LogP contribution in [0.5, 0.6) is 0 Å². The number of carbonyl (C=O) groups is 2. The number of carbonyl (C=O) groups excluding carboxylic acids is 1. The lowest BCUT2D eigenvalue weighted by Crippen LogP contribution is -2.39. The SMILES string of the molecule is CCCNC(=O)CN(C)S(=O)(=O)CCC(=O)O. The minimum Gasteiger partial charge on any atom is -0.481 e. The molecule has 0 aliphatic carbocycles. The summed E-state index contributed by atoms with van der Waals surface area (Å²) in [7, 11) is -2.43. The van der Waals surface area contributed by atoms with Crippen LogP contribution in [-0.2, 0) is 19.6 Å². The highest BCUT2D eigenvalue weighted by molar-refractivity contribution is 7.89. The van der Waals surface area contributed by atoms with Gasteiger partial charge in [0, 0.05) is 13.6 Å². The fraction of sp³-hybridized carbons (Fsp3) is 0.778. The molecule has 0 aliphatic rings. The first kappa shape index (κ1) is 15.9. The largest absolute Gasteiger partial charge is 0.481 e. The molecule has 0 aliphatic heterocycles. The molecule has 0 radical (unpaired) electrons. The summed E-state index contributed by atoms with van der Waals surface area (Å²) in [5.74, 6) is -2.08. The van der Waals surface area contributed by atoms with E-state index in [1.165, 1.54) is 7.05 Å². The average molecular weight is 266 g/mol. The van der Waals surface area contributed by atoms with Crippen molar-refractivity contribution in [1.82, 2.24) is 9.62 Å². The van der Waals surface area contributed by atoms with Crippen LogP contribution < -0.4 is 5.32 Å². The van der Waals surface area contributed by atoms with Crippen LogP contribution in [-0.4, -0.2) is 55.6 Å². The summed E-state index contributed by atoms with van der Waals surface area (Å²) in [5, 5.41) is 10.9. The third-order valence-corrected chi connectivity index (χ3v) is 3.79. The van der Waals surface area contributed by atoms with E-state index in [9.17, 15) is 18.0 Å². The summed E-state index contributed by atoms with van der Waals surface area (Å²) in [4.78, 5) is 21.5. The summed E-state index contributed by atoms with van der Waals surface area (Å²) < 4.78 is 23.9. The number of aliphatic carboxylic acids is 1. The van der Waals surface area contributed by atoms with Crippen molar-refractivity contribution in [3.8, 4) is 0 Å². The molecule has 0 bridgehead atoms. The Kier molecular flexibility index (Phi) is 6.74. The molecule has 0 rings (SSSR count). The molecular formula is C9H18N2O5S. The van der Waals surface area contributed by atoms with Crippen LogP contribution >= 0.6 is 0 Å². The van der Waals surface area contributed by atoms with Gasteiger partial charge in [0.25, 0.3) is 0 Å². The number of hydrogen-bond donors (Lipinski definition) is 2. The molecule has 0 aromatic heterocycles. The molecule has 7 nitrogen and oxygen atoms in total. The van der Waals surface area contributed by atoms with Crippen molar-refractivity contribution in [2.24, 2.45) is 0 Å². The number of amides is 1. The van der Waals surface area contributed by atoms with Crippen LogP contribution in [0, 0.1) is 0 Å².